The third kappa shape index (κ3) is 2.34. The lowest BCUT2D eigenvalue weighted by Crippen LogP contribution is -2.38. The second kappa shape index (κ2) is 5.63. The molecule has 2 aliphatic rings. The molecule has 1 saturated heterocycles. The summed E-state index contributed by atoms with van der Waals surface area (Å²) < 4.78 is 25.4. The molecule has 8 heteroatoms. The molecule has 2 aromatic heterocycles. The van der Waals surface area contributed by atoms with E-state index >= 15 is 0 Å². The molecule has 0 amide bonds. The zero-order valence-electron chi connectivity index (χ0n) is 12.7. The summed E-state index contributed by atoms with van der Waals surface area (Å²) in [5.74, 6) is 0.232. The van der Waals surface area contributed by atoms with Crippen molar-refractivity contribution in [2.75, 3.05) is 25.2 Å². The Balaban J connectivity index is 2.02. The normalized spacial score (nSPS) is 20.5. The van der Waals surface area contributed by atoms with Gasteiger partial charge in [0.25, 0.3) is 0 Å². The predicted molar refractivity (Wildman–Crippen MR) is 84.0 cm³/mol. The monoisotopic (exact) mass is 338 g/mol. The zero-order chi connectivity index (χ0) is 16.0. The van der Waals surface area contributed by atoms with Gasteiger partial charge >= 0.3 is 6.01 Å². The lowest BCUT2D eigenvalue weighted by Gasteiger charge is -2.28. The van der Waals surface area contributed by atoms with Crippen molar-refractivity contribution in [1.29, 1.82) is 0 Å². The third-order valence-electron chi connectivity index (χ3n) is 4.42. The summed E-state index contributed by atoms with van der Waals surface area (Å²) in [5, 5.41) is 0.216. The number of pyridine rings is 1. The van der Waals surface area contributed by atoms with Gasteiger partial charge in [-0.3, -0.25) is 0 Å². The molecule has 0 aromatic carbocycles. The fourth-order valence-electron chi connectivity index (χ4n) is 3.28. The van der Waals surface area contributed by atoms with Gasteiger partial charge in [-0.25, -0.2) is 4.39 Å². The molecule has 0 bridgehead atoms. The van der Waals surface area contributed by atoms with Crippen LogP contribution in [0.3, 0.4) is 0 Å². The Morgan fingerprint density at radius 3 is 2.96 bits per heavy atom. The Morgan fingerprint density at radius 2 is 2.13 bits per heavy atom. The number of nitrogens with zero attached hydrogens (tertiary/aromatic N) is 4. The van der Waals surface area contributed by atoms with Crippen LogP contribution in [0, 0.1) is 5.82 Å². The van der Waals surface area contributed by atoms with Crippen molar-refractivity contribution < 1.29 is 13.9 Å². The van der Waals surface area contributed by atoms with Crippen LogP contribution in [0.5, 0.6) is 11.9 Å². The molecular weight excluding hydrogens is 323 g/mol. The largest absolute Gasteiger partial charge is 0.475 e. The average molecular weight is 339 g/mol. The summed E-state index contributed by atoms with van der Waals surface area (Å²) in [6, 6.07) is 0.292. The number of halogens is 2. The number of hydrogen-bond acceptors (Lipinski definition) is 6. The van der Waals surface area contributed by atoms with E-state index in [9.17, 15) is 4.39 Å². The van der Waals surface area contributed by atoms with Gasteiger partial charge in [0.2, 0.25) is 5.88 Å². The van der Waals surface area contributed by atoms with E-state index in [0.29, 0.717) is 17.8 Å². The van der Waals surface area contributed by atoms with Gasteiger partial charge in [0.05, 0.1) is 13.2 Å². The lowest BCUT2D eigenvalue weighted by atomic mass is 10.1. The van der Waals surface area contributed by atoms with Crippen molar-refractivity contribution >= 4 is 28.3 Å². The van der Waals surface area contributed by atoms with Gasteiger partial charge < -0.3 is 14.4 Å². The molecule has 6 nitrogen and oxygen atoms in total. The van der Waals surface area contributed by atoms with Crippen LogP contribution in [0.15, 0.2) is 0 Å². The van der Waals surface area contributed by atoms with Crippen molar-refractivity contribution in [3.05, 3.63) is 11.0 Å². The van der Waals surface area contributed by atoms with Crippen LogP contribution in [0.1, 0.15) is 25.7 Å². The maximum absolute atomic E-state index is 14.5. The highest BCUT2D eigenvalue weighted by molar-refractivity contribution is 6.30. The highest BCUT2D eigenvalue weighted by atomic mass is 35.5. The molecule has 0 spiro atoms. The Kier molecular flexibility index (Phi) is 3.60. The SMILES string of the molecule is COc1nc2c3c(nc(Cl)c(F)c3n1)OCC1CCCCCN21. The van der Waals surface area contributed by atoms with Gasteiger partial charge in [-0.05, 0) is 12.8 Å². The summed E-state index contributed by atoms with van der Waals surface area (Å²) in [4.78, 5) is 14.8. The summed E-state index contributed by atoms with van der Waals surface area (Å²) >= 11 is 5.89. The maximum Gasteiger partial charge on any atom is 0.318 e. The minimum Gasteiger partial charge on any atom is -0.475 e. The molecular formula is C15H16ClFN4O2. The topological polar surface area (TPSA) is 60.4 Å². The molecule has 122 valence electrons. The van der Waals surface area contributed by atoms with Crippen LogP contribution in [-0.4, -0.2) is 41.3 Å². The van der Waals surface area contributed by atoms with Gasteiger partial charge in [0, 0.05) is 6.54 Å². The van der Waals surface area contributed by atoms with E-state index in [4.69, 9.17) is 21.1 Å². The number of fused-ring (bicyclic) bond motifs is 2. The average Bonchev–Trinajstić information content (AvgIpc) is 2.87. The third-order valence-corrected chi connectivity index (χ3v) is 4.67. The van der Waals surface area contributed by atoms with Gasteiger partial charge in [0.15, 0.2) is 11.0 Å². The van der Waals surface area contributed by atoms with Crippen LogP contribution >= 0.6 is 11.6 Å². The molecule has 1 atom stereocenters. The Morgan fingerprint density at radius 1 is 1.26 bits per heavy atom. The Labute approximate surface area is 137 Å². The molecule has 2 aliphatic heterocycles. The number of ether oxygens (including phenoxy) is 2. The fraction of sp³-hybridized carbons (Fsp3) is 0.533. The van der Waals surface area contributed by atoms with E-state index in [1.165, 1.54) is 13.5 Å². The number of hydrogen-bond donors (Lipinski definition) is 0. The fourth-order valence-corrected chi connectivity index (χ4v) is 3.45. The zero-order valence-corrected chi connectivity index (χ0v) is 13.4. The van der Waals surface area contributed by atoms with Crippen molar-refractivity contribution in [3.8, 4) is 11.9 Å². The molecule has 4 heterocycles. The summed E-state index contributed by atoms with van der Waals surface area (Å²) in [6.07, 6.45) is 4.36. The van der Waals surface area contributed by atoms with Gasteiger partial charge in [-0.1, -0.05) is 24.4 Å². The summed E-state index contributed by atoms with van der Waals surface area (Å²) in [7, 11) is 1.46. The van der Waals surface area contributed by atoms with Crippen molar-refractivity contribution in [2.45, 2.75) is 31.7 Å². The van der Waals surface area contributed by atoms with Crippen molar-refractivity contribution in [2.24, 2.45) is 0 Å². The van der Waals surface area contributed by atoms with E-state index in [1.54, 1.807) is 0 Å². The first-order chi connectivity index (χ1) is 11.2. The number of anilines is 1. The maximum atomic E-state index is 14.5. The van der Waals surface area contributed by atoms with E-state index in [2.05, 4.69) is 19.9 Å². The van der Waals surface area contributed by atoms with Crippen LogP contribution in [0.4, 0.5) is 10.2 Å². The van der Waals surface area contributed by atoms with Crippen LogP contribution < -0.4 is 14.4 Å². The second-order valence-electron chi connectivity index (χ2n) is 5.79. The standard InChI is InChI=1S/C15H16ClFN4O2/c1-22-15-18-11-9-13(20-15)21-6-4-2-3-5-8(21)7-23-14(9)19-12(16)10(11)17/h8H,2-7H2,1H3. The molecule has 1 unspecified atom stereocenters. The predicted octanol–water partition coefficient (Wildman–Crippen LogP) is 2.97. The summed E-state index contributed by atoms with van der Waals surface area (Å²) in [6.45, 7) is 1.32. The molecule has 0 aliphatic carbocycles. The van der Waals surface area contributed by atoms with Gasteiger partial charge in [-0.15, -0.1) is 0 Å². The van der Waals surface area contributed by atoms with Crippen LogP contribution in [-0.2, 0) is 0 Å². The minimum atomic E-state index is -0.677. The van der Waals surface area contributed by atoms with Gasteiger partial charge in [0.1, 0.15) is 23.3 Å². The Hall–Kier alpha value is -1.89. The lowest BCUT2D eigenvalue weighted by molar-refractivity contribution is 0.274. The highest BCUT2D eigenvalue weighted by Crippen LogP contribution is 2.40. The van der Waals surface area contributed by atoms with E-state index < -0.39 is 5.82 Å². The second-order valence-corrected chi connectivity index (χ2v) is 6.14. The highest BCUT2D eigenvalue weighted by Gasteiger charge is 2.32. The van der Waals surface area contributed by atoms with Gasteiger partial charge in [-0.2, -0.15) is 15.0 Å². The van der Waals surface area contributed by atoms with E-state index in [-0.39, 0.29) is 28.6 Å². The minimum absolute atomic E-state index is 0.0896. The Bertz CT molecular complexity index is 773. The number of aromatic nitrogens is 3. The smallest absolute Gasteiger partial charge is 0.318 e. The molecule has 0 radical (unpaired) electrons. The molecule has 23 heavy (non-hydrogen) atoms. The quantitative estimate of drug-likeness (QED) is 0.745. The first-order valence-corrected chi connectivity index (χ1v) is 8.07. The first kappa shape index (κ1) is 14.7. The first-order valence-electron chi connectivity index (χ1n) is 7.69. The van der Waals surface area contributed by atoms with E-state index in [0.717, 1.165) is 25.8 Å². The van der Waals surface area contributed by atoms with Crippen LogP contribution in [0.25, 0.3) is 10.9 Å². The number of methoxy groups -OCH3 is 1. The van der Waals surface area contributed by atoms with Crippen molar-refractivity contribution in [1.82, 2.24) is 15.0 Å². The molecule has 0 N–H and O–H groups in total. The molecule has 0 saturated carbocycles. The van der Waals surface area contributed by atoms with Crippen molar-refractivity contribution in [3.63, 3.8) is 0 Å². The molecule has 1 fully saturated rings. The number of rotatable bonds is 1. The van der Waals surface area contributed by atoms with E-state index in [1.807, 2.05) is 0 Å². The van der Waals surface area contributed by atoms with Crippen LogP contribution in [0.2, 0.25) is 5.15 Å². The molecule has 2 aromatic rings. The molecule has 4 rings (SSSR count). The summed E-state index contributed by atoms with van der Waals surface area (Å²) in [5.41, 5.74) is 0.0896.